The van der Waals surface area contributed by atoms with E-state index in [0.717, 1.165) is 24.4 Å². The van der Waals surface area contributed by atoms with Crippen LogP contribution in [0.25, 0.3) is 0 Å². The van der Waals surface area contributed by atoms with Crippen molar-refractivity contribution >= 4 is 45.7 Å². The van der Waals surface area contributed by atoms with Crippen LogP contribution in [0.5, 0.6) is 5.75 Å². The Hall–Kier alpha value is -2.69. The van der Waals surface area contributed by atoms with Gasteiger partial charge < -0.3 is 4.74 Å². The summed E-state index contributed by atoms with van der Waals surface area (Å²) < 4.78 is 73.9. The molecule has 0 aliphatic rings. The highest BCUT2D eigenvalue weighted by Gasteiger charge is 2.34. The average Bonchev–Trinajstić information content (AvgIpc) is 2.72. The normalized spacial score (nSPS) is 12.3. The number of aromatic nitrogens is 1. The molecule has 32 heavy (non-hydrogen) atoms. The van der Waals surface area contributed by atoms with Crippen LogP contribution in [0, 0.1) is 5.82 Å². The fourth-order valence-electron chi connectivity index (χ4n) is 2.71. The number of benzene rings is 2. The Bertz CT molecular complexity index is 1220. The van der Waals surface area contributed by atoms with Crippen molar-refractivity contribution in [3.63, 3.8) is 0 Å². The predicted molar refractivity (Wildman–Crippen MR) is 112 cm³/mol. The maximum atomic E-state index is 14.4. The molecular formula is C20H12Cl2F4N2O3S. The quantitative estimate of drug-likeness (QED) is 0.332. The molecule has 1 atom stereocenters. The summed E-state index contributed by atoms with van der Waals surface area (Å²) in [6, 6.07) is 7.63. The number of hydrogen-bond donors (Lipinski definition) is 1. The van der Waals surface area contributed by atoms with Gasteiger partial charge in [-0.1, -0.05) is 29.3 Å². The second kappa shape index (κ2) is 9.43. The van der Waals surface area contributed by atoms with Crippen molar-refractivity contribution in [1.29, 1.82) is 0 Å². The standard InChI is InChI=1S/C20H12Cl2F4N2O3S/c1-31-16-4-2-3-14(23)17(16)19(29)18-15(7-10(21)9-27-18)28-32(30)11-5-6-13(22)12(8-11)20(24,25)26/h2-9,28H,1H3. The molecule has 5 nitrogen and oxygen atoms in total. The van der Waals surface area contributed by atoms with Crippen molar-refractivity contribution in [3.05, 3.63) is 81.3 Å². The second-order valence-corrected chi connectivity index (χ2v) is 8.26. The number of nitrogens with zero attached hydrogens (tertiary/aromatic N) is 1. The smallest absolute Gasteiger partial charge is 0.417 e. The van der Waals surface area contributed by atoms with Gasteiger partial charge in [-0.05, 0) is 36.4 Å². The van der Waals surface area contributed by atoms with Gasteiger partial charge >= 0.3 is 6.18 Å². The van der Waals surface area contributed by atoms with Gasteiger partial charge in [0, 0.05) is 6.20 Å². The van der Waals surface area contributed by atoms with Gasteiger partial charge in [-0.2, -0.15) is 13.2 Å². The number of pyridine rings is 1. The van der Waals surface area contributed by atoms with E-state index in [1.54, 1.807) is 0 Å². The second-order valence-electron chi connectivity index (χ2n) is 6.21. The minimum atomic E-state index is -4.77. The van der Waals surface area contributed by atoms with Crippen LogP contribution in [0.1, 0.15) is 21.6 Å². The number of alkyl halides is 3. The van der Waals surface area contributed by atoms with Gasteiger partial charge in [0.1, 0.15) is 33.8 Å². The number of rotatable bonds is 6. The number of halogens is 6. The van der Waals surface area contributed by atoms with Crippen LogP contribution in [-0.2, 0) is 17.2 Å². The molecule has 0 fully saturated rings. The Kier molecular flexibility index (Phi) is 7.06. The maximum Gasteiger partial charge on any atom is 0.417 e. The number of ether oxygens (including phenoxy) is 1. The lowest BCUT2D eigenvalue weighted by Crippen LogP contribution is -2.15. The molecule has 1 N–H and O–H groups in total. The number of carbonyl (C=O) groups is 1. The van der Waals surface area contributed by atoms with E-state index in [1.165, 1.54) is 25.3 Å². The molecule has 1 aromatic heterocycles. The summed E-state index contributed by atoms with van der Waals surface area (Å²) in [4.78, 5) is 16.6. The fraction of sp³-hybridized carbons (Fsp3) is 0.100. The van der Waals surface area contributed by atoms with Crippen molar-refractivity contribution in [2.75, 3.05) is 11.8 Å². The minimum absolute atomic E-state index is 0.0358. The molecule has 0 amide bonds. The SMILES string of the molecule is COc1cccc(F)c1C(=O)c1ncc(Cl)cc1NS(=O)c1ccc(Cl)c(C(F)(F)F)c1. The summed E-state index contributed by atoms with van der Waals surface area (Å²) in [5, 5.41) is -0.529. The summed E-state index contributed by atoms with van der Waals surface area (Å²) in [5.74, 6) is -1.86. The Morgan fingerprint density at radius 3 is 2.53 bits per heavy atom. The van der Waals surface area contributed by atoms with Crippen molar-refractivity contribution < 1.29 is 31.3 Å². The molecule has 12 heteroatoms. The van der Waals surface area contributed by atoms with Crippen molar-refractivity contribution in [2.45, 2.75) is 11.1 Å². The van der Waals surface area contributed by atoms with Crippen LogP contribution in [0.4, 0.5) is 23.2 Å². The molecule has 1 heterocycles. The van der Waals surface area contributed by atoms with Crippen LogP contribution >= 0.6 is 23.2 Å². The fourth-order valence-corrected chi connectivity index (χ4v) is 3.98. The summed E-state index contributed by atoms with van der Waals surface area (Å²) in [5.41, 5.74) is -2.15. The zero-order valence-electron chi connectivity index (χ0n) is 16.0. The van der Waals surface area contributed by atoms with E-state index in [0.29, 0.717) is 6.07 Å². The molecule has 3 aromatic rings. The first-order valence-corrected chi connectivity index (χ1v) is 10.5. The molecule has 0 aliphatic heterocycles. The van der Waals surface area contributed by atoms with Crippen LogP contribution in [0.3, 0.4) is 0 Å². The number of hydrogen-bond acceptors (Lipinski definition) is 4. The van der Waals surface area contributed by atoms with E-state index in [1.807, 2.05) is 0 Å². The number of nitrogens with one attached hydrogen (secondary N) is 1. The first-order chi connectivity index (χ1) is 15.0. The molecule has 0 radical (unpaired) electrons. The Morgan fingerprint density at radius 1 is 1.16 bits per heavy atom. The number of ketones is 1. The number of methoxy groups -OCH3 is 1. The van der Waals surface area contributed by atoms with E-state index in [4.69, 9.17) is 27.9 Å². The summed E-state index contributed by atoms with van der Waals surface area (Å²) in [6.07, 6.45) is -3.66. The van der Waals surface area contributed by atoms with Crippen LogP contribution in [0.15, 0.2) is 53.6 Å². The van der Waals surface area contributed by atoms with Gasteiger partial charge in [0.2, 0.25) is 5.78 Å². The van der Waals surface area contributed by atoms with E-state index in [2.05, 4.69) is 9.71 Å². The Balaban J connectivity index is 2.02. The van der Waals surface area contributed by atoms with Gasteiger partial charge in [-0.3, -0.25) is 9.52 Å². The molecule has 0 aliphatic carbocycles. The van der Waals surface area contributed by atoms with Gasteiger partial charge in [-0.15, -0.1) is 0 Å². The lowest BCUT2D eigenvalue weighted by Gasteiger charge is -2.14. The van der Waals surface area contributed by atoms with Crippen molar-refractivity contribution in [3.8, 4) is 5.75 Å². The molecule has 168 valence electrons. The third-order valence-electron chi connectivity index (χ3n) is 4.15. The van der Waals surface area contributed by atoms with Gasteiger partial charge in [0.15, 0.2) is 0 Å². The van der Waals surface area contributed by atoms with E-state index < -0.39 is 44.9 Å². The molecule has 0 bridgehead atoms. The largest absolute Gasteiger partial charge is 0.496 e. The summed E-state index contributed by atoms with van der Waals surface area (Å²) in [6.45, 7) is 0. The summed E-state index contributed by atoms with van der Waals surface area (Å²) >= 11 is 11.5. The lowest BCUT2D eigenvalue weighted by molar-refractivity contribution is -0.137. The van der Waals surface area contributed by atoms with Crippen LogP contribution in [-0.4, -0.2) is 22.1 Å². The third kappa shape index (κ3) is 5.03. The summed E-state index contributed by atoms with van der Waals surface area (Å²) in [7, 11) is -1.03. The maximum absolute atomic E-state index is 14.4. The monoisotopic (exact) mass is 506 g/mol. The molecule has 2 aromatic carbocycles. The topological polar surface area (TPSA) is 68.3 Å². The highest BCUT2D eigenvalue weighted by Crippen LogP contribution is 2.36. The molecule has 3 rings (SSSR count). The molecular weight excluding hydrogens is 495 g/mol. The predicted octanol–water partition coefficient (Wildman–Crippen LogP) is 5.92. The highest BCUT2D eigenvalue weighted by molar-refractivity contribution is 7.86. The van der Waals surface area contributed by atoms with Crippen molar-refractivity contribution in [2.24, 2.45) is 0 Å². The Labute approximate surface area is 191 Å². The zero-order valence-corrected chi connectivity index (χ0v) is 18.3. The van der Waals surface area contributed by atoms with Gasteiger partial charge in [-0.25, -0.2) is 13.6 Å². The van der Waals surface area contributed by atoms with Gasteiger partial charge in [0.25, 0.3) is 0 Å². The molecule has 1 unspecified atom stereocenters. The molecule has 0 saturated carbocycles. The van der Waals surface area contributed by atoms with E-state index in [9.17, 15) is 26.6 Å². The van der Waals surface area contributed by atoms with Crippen LogP contribution in [0.2, 0.25) is 10.0 Å². The zero-order chi connectivity index (χ0) is 23.6. The first kappa shape index (κ1) is 24.0. The molecule has 0 saturated heterocycles. The van der Waals surface area contributed by atoms with Crippen LogP contribution < -0.4 is 9.46 Å². The molecule has 0 spiro atoms. The van der Waals surface area contributed by atoms with E-state index in [-0.39, 0.29) is 27.0 Å². The highest BCUT2D eigenvalue weighted by atomic mass is 35.5. The van der Waals surface area contributed by atoms with Gasteiger partial charge in [0.05, 0.1) is 33.3 Å². The number of carbonyl (C=O) groups excluding carboxylic acids is 1. The first-order valence-electron chi connectivity index (χ1n) is 8.61. The average molecular weight is 507 g/mol. The third-order valence-corrected chi connectivity index (χ3v) is 5.78. The lowest BCUT2D eigenvalue weighted by atomic mass is 10.0. The number of anilines is 1. The van der Waals surface area contributed by atoms with Crippen molar-refractivity contribution in [1.82, 2.24) is 4.98 Å². The minimum Gasteiger partial charge on any atom is -0.496 e. The van der Waals surface area contributed by atoms with E-state index >= 15 is 0 Å². The Morgan fingerprint density at radius 2 is 1.88 bits per heavy atom.